The molecule has 0 aromatic heterocycles. The zero-order chi connectivity index (χ0) is 12.0. The molecule has 0 atom stereocenters. The number of rotatable bonds is 4. The molecule has 0 fully saturated rings. The molecule has 0 heterocycles. The summed E-state index contributed by atoms with van der Waals surface area (Å²) in [6, 6.07) is 7.40. The Balaban J connectivity index is 2.21. The highest BCUT2D eigenvalue weighted by Gasteiger charge is 2.00. The SMILES string of the molecule is CN(C)C(=O)NCCNc1ccc(N)cc1. The number of nitrogen functional groups attached to an aromatic ring is 1. The molecular weight excluding hydrogens is 204 g/mol. The van der Waals surface area contributed by atoms with Crippen LogP contribution < -0.4 is 16.4 Å². The van der Waals surface area contributed by atoms with Gasteiger partial charge >= 0.3 is 6.03 Å². The summed E-state index contributed by atoms with van der Waals surface area (Å²) in [7, 11) is 3.42. The largest absolute Gasteiger partial charge is 0.399 e. The first-order valence-electron chi connectivity index (χ1n) is 5.14. The molecule has 1 aromatic rings. The lowest BCUT2D eigenvalue weighted by Crippen LogP contribution is -2.37. The van der Waals surface area contributed by atoms with E-state index in [-0.39, 0.29) is 6.03 Å². The fraction of sp³-hybridized carbons (Fsp3) is 0.364. The van der Waals surface area contributed by atoms with Crippen LogP contribution in [0.15, 0.2) is 24.3 Å². The van der Waals surface area contributed by atoms with Gasteiger partial charge in [0, 0.05) is 38.6 Å². The monoisotopic (exact) mass is 222 g/mol. The molecule has 88 valence electrons. The Hall–Kier alpha value is -1.91. The summed E-state index contributed by atoms with van der Waals surface area (Å²) in [5.41, 5.74) is 7.30. The van der Waals surface area contributed by atoms with E-state index in [4.69, 9.17) is 5.73 Å². The molecule has 1 aromatic carbocycles. The van der Waals surface area contributed by atoms with Crippen molar-refractivity contribution in [2.75, 3.05) is 38.2 Å². The fourth-order valence-corrected chi connectivity index (χ4v) is 1.14. The Morgan fingerprint density at radius 3 is 2.44 bits per heavy atom. The van der Waals surface area contributed by atoms with Gasteiger partial charge in [0.1, 0.15) is 0 Å². The number of nitrogens with two attached hydrogens (primary N) is 1. The van der Waals surface area contributed by atoms with Crippen molar-refractivity contribution < 1.29 is 4.79 Å². The molecular formula is C11H18N4O. The fourth-order valence-electron chi connectivity index (χ4n) is 1.14. The van der Waals surface area contributed by atoms with Gasteiger partial charge in [-0.3, -0.25) is 0 Å². The average Bonchev–Trinajstić information content (AvgIpc) is 2.26. The molecule has 0 aliphatic carbocycles. The number of carbonyl (C=O) groups is 1. The number of anilines is 2. The average molecular weight is 222 g/mol. The molecule has 0 bridgehead atoms. The molecule has 0 radical (unpaired) electrons. The Bertz CT molecular complexity index is 334. The van der Waals surface area contributed by atoms with Gasteiger partial charge in [-0.2, -0.15) is 0 Å². The number of hydrogen-bond donors (Lipinski definition) is 3. The predicted octanol–water partition coefficient (Wildman–Crippen LogP) is 0.952. The lowest BCUT2D eigenvalue weighted by molar-refractivity contribution is 0.218. The van der Waals surface area contributed by atoms with E-state index in [0.717, 1.165) is 11.4 Å². The van der Waals surface area contributed by atoms with Gasteiger partial charge in [-0.1, -0.05) is 0 Å². The summed E-state index contributed by atoms with van der Waals surface area (Å²) in [6.07, 6.45) is 0. The second-order valence-corrected chi connectivity index (χ2v) is 3.68. The van der Waals surface area contributed by atoms with E-state index in [9.17, 15) is 4.79 Å². The lowest BCUT2D eigenvalue weighted by Gasteiger charge is -2.12. The lowest BCUT2D eigenvalue weighted by atomic mass is 10.3. The minimum absolute atomic E-state index is 0.0842. The maximum absolute atomic E-state index is 11.2. The number of urea groups is 1. The maximum Gasteiger partial charge on any atom is 0.316 e. The summed E-state index contributed by atoms with van der Waals surface area (Å²) in [5, 5.41) is 5.94. The zero-order valence-corrected chi connectivity index (χ0v) is 9.66. The highest BCUT2D eigenvalue weighted by atomic mass is 16.2. The predicted molar refractivity (Wildman–Crippen MR) is 66.4 cm³/mol. The third-order valence-electron chi connectivity index (χ3n) is 2.05. The van der Waals surface area contributed by atoms with E-state index in [1.165, 1.54) is 4.90 Å². The van der Waals surface area contributed by atoms with Crippen LogP contribution in [0.5, 0.6) is 0 Å². The van der Waals surface area contributed by atoms with Crippen LogP contribution in [-0.2, 0) is 0 Å². The number of nitrogens with one attached hydrogen (secondary N) is 2. The van der Waals surface area contributed by atoms with Gasteiger partial charge in [0.2, 0.25) is 0 Å². The molecule has 5 nitrogen and oxygen atoms in total. The van der Waals surface area contributed by atoms with Crippen molar-refractivity contribution in [2.24, 2.45) is 0 Å². The molecule has 2 amide bonds. The van der Waals surface area contributed by atoms with Gasteiger partial charge in [-0.05, 0) is 24.3 Å². The number of carbonyl (C=O) groups excluding carboxylic acids is 1. The van der Waals surface area contributed by atoms with Gasteiger partial charge in [0.15, 0.2) is 0 Å². The number of hydrogen-bond acceptors (Lipinski definition) is 3. The molecule has 0 unspecified atom stereocenters. The minimum Gasteiger partial charge on any atom is -0.399 e. The third-order valence-corrected chi connectivity index (χ3v) is 2.05. The van der Waals surface area contributed by atoms with Gasteiger partial charge < -0.3 is 21.3 Å². The van der Waals surface area contributed by atoms with Crippen LogP contribution in [0.4, 0.5) is 16.2 Å². The van der Waals surface area contributed by atoms with E-state index in [1.807, 2.05) is 24.3 Å². The second kappa shape index (κ2) is 5.85. The first-order chi connectivity index (χ1) is 7.59. The highest BCUT2D eigenvalue weighted by Crippen LogP contribution is 2.09. The minimum atomic E-state index is -0.0842. The third kappa shape index (κ3) is 4.08. The van der Waals surface area contributed by atoms with E-state index in [1.54, 1.807) is 14.1 Å². The topological polar surface area (TPSA) is 70.4 Å². The second-order valence-electron chi connectivity index (χ2n) is 3.68. The van der Waals surface area contributed by atoms with Crippen LogP contribution in [-0.4, -0.2) is 38.1 Å². The van der Waals surface area contributed by atoms with Crippen LogP contribution in [0.25, 0.3) is 0 Å². The zero-order valence-electron chi connectivity index (χ0n) is 9.66. The van der Waals surface area contributed by atoms with E-state index >= 15 is 0 Å². The highest BCUT2D eigenvalue weighted by molar-refractivity contribution is 5.73. The first-order valence-corrected chi connectivity index (χ1v) is 5.14. The summed E-state index contributed by atoms with van der Waals surface area (Å²) in [6.45, 7) is 1.27. The van der Waals surface area contributed by atoms with Gasteiger partial charge in [0.25, 0.3) is 0 Å². The molecule has 0 aliphatic heterocycles. The summed E-state index contributed by atoms with van der Waals surface area (Å²) in [4.78, 5) is 12.7. The normalized spacial score (nSPS) is 9.62. The maximum atomic E-state index is 11.2. The molecule has 0 spiro atoms. The van der Waals surface area contributed by atoms with Crippen molar-refractivity contribution in [3.05, 3.63) is 24.3 Å². The van der Waals surface area contributed by atoms with E-state index in [2.05, 4.69) is 10.6 Å². The van der Waals surface area contributed by atoms with Crippen molar-refractivity contribution >= 4 is 17.4 Å². The quantitative estimate of drug-likeness (QED) is 0.525. The Morgan fingerprint density at radius 1 is 1.25 bits per heavy atom. The van der Waals surface area contributed by atoms with E-state index < -0.39 is 0 Å². The number of amides is 2. The first kappa shape index (κ1) is 12.2. The number of benzene rings is 1. The summed E-state index contributed by atoms with van der Waals surface area (Å²) in [5.74, 6) is 0. The van der Waals surface area contributed by atoms with Gasteiger partial charge in [0.05, 0.1) is 0 Å². The van der Waals surface area contributed by atoms with Crippen LogP contribution in [0.2, 0.25) is 0 Å². The smallest absolute Gasteiger partial charge is 0.316 e. The molecule has 5 heteroatoms. The van der Waals surface area contributed by atoms with Crippen molar-refractivity contribution in [1.82, 2.24) is 10.2 Å². The summed E-state index contributed by atoms with van der Waals surface area (Å²) >= 11 is 0. The molecule has 0 aliphatic rings. The Morgan fingerprint density at radius 2 is 1.88 bits per heavy atom. The van der Waals surface area contributed by atoms with Crippen molar-refractivity contribution in [1.29, 1.82) is 0 Å². The van der Waals surface area contributed by atoms with Crippen LogP contribution in [0.1, 0.15) is 0 Å². The van der Waals surface area contributed by atoms with Gasteiger partial charge in [-0.15, -0.1) is 0 Å². The molecule has 4 N–H and O–H groups in total. The molecule has 1 rings (SSSR count). The number of nitrogens with zero attached hydrogens (tertiary/aromatic N) is 1. The van der Waals surface area contributed by atoms with Crippen LogP contribution in [0, 0.1) is 0 Å². The molecule has 0 saturated carbocycles. The molecule has 0 saturated heterocycles. The van der Waals surface area contributed by atoms with Crippen molar-refractivity contribution in [3.8, 4) is 0 Å². The van der Waals surface area contributed by atoms with Crippen LogP contribution in [0.3, 0.4) is 0 Å². The van der Waals surface area contributed by atoms with Crippen molar-refractivity contribution in [3.63, 3.8) is 0 Å². The Kier molecular flexibility index (Phi) is 4.44. The van der Waals surface area contributed by atoms with Crippen LogP contribution >= 0.6 is 0 Å². The summed E-state index contributed by atoms with van der Waals surface area (Å²) < 4.78 is 0. The molecule has 16 heavy (non-hydrogen) atoms. The van der Waals surface area contributed by atoms with E-state index in [0.29, 0.717) is 13.1 Å². The van der Waals surface area contributed by atoms with Gasteiger partial charge in [-0.25, -0.2) is 4.79 Å². The van der Waals surface area contributed by atoms with Crippen molar-refractivity contribution in [2.45, 2.75) is 0 Å². The standard InChI is InChI=1S/C11H18N4O/c1-15(2)11(16)14-8-7-13-10-5-3-9(12)4-6-10/h3-6,13H,7-8,12H2,1-2H3,(H,14,16). The Labute approximate surface area is 95.6 Å².